The molecule has 0 unspecified atom stereocenters. The molecule has 0 aliphatic carbocycles. The summed E-state index contributed by atoms with van der Waals surface area (Å²) in [6, 6.07) is 11.3. The second kappa shape index (κ2) is 10.3. The van der Waals surface area contributed by atoms with Crippen LogP contribution in [0, 0.1) is 27.7 Å². The van der Waals surface area contributed by atoms with Crippen molar-refractivity contribution >= 4 is 11.8 Å². The summed E-state index contributed by atoms with van der Waals surface area (Å²) in [4.78, 5) is 27.4. The van der Waals surface area contributed by atoms with E-state index in [4.69, 9.17) is 4.74 Å². The number of hydrogen-bond acceptors (Lipinski definition) is 3. The number of aryl methyl sites for hydroxylation is 3. The normalized spacial score (nSPS) is 11.9. The number of nitrogens with zero attached hydrogens (tertiary/aromatic N) is 1. The van der Waals surface area contributed by atoms with Crippen LogP contribution in [0.15, 0.2) is 36.4 Å². The first-order chi connectivity index (χ1) is 14.1. The van der Waals surface area contributed by atoms with Crippen molar-refractivity contribution in [3.63, 3.8) is 0 Å². The second-order valence-electron chi connectivity index (χ2n) is 8.28. The van der Waals surface area contributed by atoms with Crippen molar-refractivity contribution in [3.8, 4) is 5.75 Å². The number of carbonyl (C=O) groups is 2. The fourth-order valence-electron chi connectivity index (χ4n) is 3.33. The maximum atomic E-state index is 13.2. The van der Waals surface area contributed by atoms with Crippen molar-refractivity contribution in [2.45, 2.75) is 67.1 Å². The minimum absolute atomic E-state index is 0.00420. The van der Waals surface area contributed by atoms with Gasteiger partial charge >= 0.3 is 0 Å². The molecule has 30 heavy (non-hydrogen) atoms. The van der Waals surface area contributed by atoms with E-state index in [1.54, 1.807) is 11.8 Å². The van der Waals surface area contributed by atoms with Gasteiger partial charge in [-0.1, -0.05) is 30.3 Å². The summed E-state index contributed by atoms with van der Waals surface area (Å²) in [5.41, 5.74) is 5.32. The molecule has 2 aromatic carbocycles. The molecule has 0 aliphatic rings. The maximum Gasteiger partial charge on any atom is 0.261 e. The van der Waals surface area contributed by atoms with Crippen LogP contribution in [0.3, 0.4) is 0 Å². The van der Waals surface area contributed by atoms with Crippen LogP contribution < -0.4 is 10.1 Å². The molecular weight excluding hydrogens is 376 g/mol. The lowest BCUT2D eigenvalue weighted by Crippen LogP contribution is -2.50. The summed E-state index contributed by atoms with van der Waals surface area (Å²) in [5, 5.41) is 2.90. The Morgan fingerprint density at radius 2 is 1.67 bits per heavy atom. The summed E-state index contributed by atoms with van der Waals surface area (Å²) in [5.74, 6) is 0.314. The van der Waals surface area contributed by atoms with E-state index in [-0.39, 0.29) is 24.5 Å². The lowest BCUT2D eigenvalue weighted by molar-refractivity contribution is -0.142. The van der Waals surface area contributed by atoms with Crippen LogP contribution in [-0.2, 0) is 16.1 Å². The van der Waals surface area contributed by atoms with Crippen LogP contribution in [0.2, 0.25) is 0 Å². The number of benzene rings is 2. The Kier molecular flexibility index (Phi) is 8.04. The third kappa shape index (κ3) is 6.09. The van der Waals surface area contributed by atoms with Crippen molar-refractivity contribution in [3.05, 3.63) is 64.2 Å². The monoisotopic (exact) mass is 410 g/mol. The summed E-state index contributed by atoms with van der Waals surface area (Å²) < 4.78 is 5.90. The van der Waals surface area contributed by atoms with Crippen molar-refractivity contribution in [2.24, 2.45) is 0 Å². The zero-order valence-electron chi connectivity index (χ0n) is 19.2. The summed E-state index contributed by atoms with van der Waals surface area (Å²) in [7, 11) is 0. The van der Waals surface area contributed by atoms with Crippen LogP contribution >= 0.6 is 0 Å². The molecule has 0 bridgehead atoms. The van der Waals surface area contributed by atoms with Gasteiger partial charge in [-0.2, -0.15) is 0 Å². The zero-order chi connectivity index (χ0) is 22.4. The van der Waals surface area contributed by atoms with Gasteiger partial charge in [0.15, 0.2) is 6.61 Å². The number of rotatable bonds is 8. The van der Waals surface area contributed by atoms with Gasteiger partial charge in [-0.05, 0) is 82.3 Å². The first-order valence-corrected chi connectivity index (χ1v) is 10.4. The number of amides is 2. The smallest absolute Gasteiger partial charge is 0.261 e. The van der Waals surface area contributed by atoms with E-state index in [0.717, 1.165) is 27.8 Å². The van der Waals surface area contributed by atoms with Gasteiger partial charge in [0.1, 0.15) is 11.8 Å². The fourth-order valence-corrected chi connectivity index (χ4v) is 3.33. The van der Waals surface area contributed by atoms with Crippen LogP contribution in [-0.4, -0.2) is 35.4 Å². The van der Waals surface area contributed by atoms with Crippen LogP contribution in [0.4, 0.5) is 0 Å². The van der Waals surface area contributed by atoms with Gasteiger partial charge < -0.3 is 15.0 Å². The molecule has 0 radical (unpaired) electrons. The Labute approximate surface area is 180 Å². The van der Waals surface area contributed by atoms with E-state index in [1.807, 2.05) is 71.9 Å². The predicted molar refractivity (Wildman–Crippen MR) is 121 cm³/mol. The van der Waals surface area contributed by atoms with Crippen LogP contribution in [0.1, 0.15) is 48.6 Å². The quantitative estimate of drug-likeness (QED) is 0.708. The minimum Gasteiger partial charge on any atom is -0.483 e. The fraction of sp³-hybridized carbons (Fsp3) is 0.440. The first-order valence-electron chi connectivity index (χ1n) is 10.4. The second-order valence-corrected chi connectivity index (χ2v) is 8.28. The van der Waals surface area contributed by atoms with Gasteiger partial charge in [0, 0.05) is 12.6 Å². The van der Waals surface area contributed by atoms with E-state index in [9.17, 15) is 9.59 Å². The molecule has 0 saturated heterocycles. The zero-order valence-corrected chi connectivity index (χ0v) is 19.2. The number of carbonyl (C=O) groups excluding carboxylic acids is 2. The predicted octanol–water partition coefficient (Wildman–Crippen LogP) is 4.24. The summed E-state index contributed by atoms with van der Waals surface area (Å²) in [6.45, 7) is 13.8. The Morgan fingerprint density at radius 3 is 2.30 bits per heavy atom. The molecule has 0 spiro atoms. The van der Waals surface area contributed by atoms with E-state index in [0.29, 0.717) is 12.3 Å². The SMILES string of the molecule is Cc1cc(C)c(C)c(OCC(=O)N(Cc2ccccc2C)[C@H](C)C(=O)NC(C)C)c1. The number of hydrogen-bond donors (Lipinski definition) is 1. The van der Waals surface area contributed by atoms with Crippen molar-refractivity contribution in [1.82, 2.24) is 10.2 Å². The lowest BCUT2D eigenvalue weighted by atomic mass is 10.1. The molecular formula is C25H34N2O3. The highest BCUT2D eigenvalue weighted by Gasteiger charge is 2.27. The Balaban J connectivity index is 2.23. The molecule has 0 heterocycles. The van der Waals surface area contributed by atoms with E-state index in [1.165, 1.54) is 0 Å². The van der Waals surface area contributed by atoms with Gasteiger partial charge in [-0.15, -0.1) is 0 Å². The van der Waals surface area contributed by atoms with E-state index in [2.05, 4.69) is 11.4 Å². The largest absolute Gasteiger partial charge is 0.483 e. The highest BCUT2D eigenvalue weighted by molar-refractivity contribution is 5.88. The van der Waals surface area contributed by atoms with Gasteiger partial charge in [0.2, 0.25) is 5.91 Å². The van der Waals surface area contributed by atoms with Gasteiger partial charge in [0.05, 0.1) is 0 Å². The third-order valence-corrected chi connectivity index (χ3v) is 5.32. The molecule has 0 saturated carbocycles. The molecule has 1 atom stereocenters. The molecule has 0 fully saturated rings. The van der Waals surface area contributed by atoms with Crippen LogP contribution in [0.25, 0.3) is 0 Å². The minimum atomic E-state index is -0.608. The topological polar surface area (TPSA) is 58.6 Å². The molecule has 2 aromatic rings. The van der Waals surface area contributed by atoms with Crippen LogP contribution in [0.5, 0.6) is 5.75 Å². The summed E-state index contributed by atoms with van der Waals surface area (Å²) >= 11 is 0. The van der Waals surface area contributed by atoms with E-state index < -0.39 is 6.04 Å². The van der Waals surface area contributed by atoms with Crippen molar-refractivity contribution in [1.29, 1.82) is 0 Å². The standard InChI is InChI=1S/C25H34N2O3/c1-16(2)26-25(29)21(7)27(14-22-11-9-8-10-18(22)4)24(28)15-30-23-13-17(3)12-19(5)20(23)6/h8-13,16,21H,14-15H2,1-7H3,(H,26,29)/t21-/m1/s1. The third-order valence-electron chi connectivity index (χ3n) is 5.32. The first kappa shape index (κ1) is 23.5. The molecule has 0 aliphatic heterocycles. The molecule has 5 nitrogen and oxygen atoms in total. The highest BCUT2D eigenvalue weighted by atomic mass is 16.5. The summed E-state index contributed by atoms with van der Waals surface area (Å²) in [6.07, 6.45) is 0. The van der Waals surface area contributed by atoms with Gasteiger partial charge in [0.25, 0.3) is 5.91 Å². The molecule has 2 rings (SSSR count). The van der Waals surface area contributed by atoms with Gasteiger partial charge in [-0.25, -0.2) is 0 Å². The number of nitrogens with one attached hydrogen (secondary N) is 1. The molecule has 1 N–H and O–H groups in total. The van der Waals surface area contributed by atoms with Crippen molar-refractivity contribution in [2.75, 3.05) is 6.61 Å². The Morgan fingerprint density at radius 1 is 1.00 bits per heavy atom. The molecule has 162 valence electrons. The van der Waals surface area contributed by atoms with Gasteiger partial charge in [-0.3, -0.25) is 9.59 Å². The number of ether oxygens (including phenoxy) is 1. The van der Waals surface area contributed by atoms with E-state index >= 15 is 0 Å². The maximum absolute atomic E-state index is 13.2. The lowest BCUT2D eigenvalue weighted by Gasteiger charge is -2.30. The Hall–Kier alpha value is -2.82. The average Bonchev–Trinajstić information content (AvgIpc) is 2.67. The Bertz CT molecular complexity index is 905. The molecule has 5 heteroatoms. The average molecular weight is 411 g/mol. The molecule has 2 amide bonds. The molecule has 0 aromatic heterocycles. The van der Waals surface area contributed by atoms with Crippen molar-refractivity contribution < 1.29 is 14.3 Å². The highest BCUT2D eigenvalue weighted by Crippen LogP contribution is 2.23.